The highest BCUT2D eigenvalue weighted by molar-refractivity contribution is 5.95. The van der Waals surface area contributed by atoms with E-state index in [9.17, 15) is 4.39 Å². The van der Waals surface area contributed by atoms with Gasteiger partial charge in [-0.3, -0.25) is 4.68 Å². The van der Waals surface area contributed by atoms with Gasteiger partial charge in [0.2, 0.25) is 0 Å². The van der Waals surface area contributed by atoms with Crippen molar-refractivity contribution in [3.8, 4) is 11.8 Å². The first-order valence-corrected chi connectivity index (χ1v) is 6.61. The second-order valence-electron chi connectivity index (χ2n) is 4.83. The van der Waals surface area contributed by atoms with Crippen LogP contribution >= 0.6 is 0 Å². The number of ether oxygens (including phenoxy) is 1. The summed E-state index contributed by atoms with van der Waals surface area (Å²) in [7, 11) is 1.39. The van der Waals surface area contributed by atoms with Crippen LogP contribution in [0.2, 0.25) is 0 Å². The van der Waals surface area contributed by atoms with Gasteiger partial charge in [-0.25, -0.2) is 4.39 Å². The van der Waals surface area contributed by atoms with Gasteiger partial charge in [-0.2, -0.15) is 10.4 Å². The van der Waals surface area contributed by atoms with Crippen LogP contribution in [0.4, 0.5) is 10.2 Å². The number of nitrogens with two attached hydrogens (primary N) is 1. The van der Waals surface area contributed by atoms with E-state index < -0.39 is 5.82 Å². The fraction of sp³-hybridized carbons (Fsp3) is 0.125. The van der Waals surface area contributed by atoms with Crippen molar-refractivity contribution in [3.05, 3.63) is 53.3 Å². The maximum absolute atomic E-state index is 13.8. The number of hydrogen-bond acceptors (Lipinski definition) is 4. The molecule has 0 fully saturated rings. The van der Waals surface area contributed by atoms with E-state index in [4.69, 9.17) is 15.7 Å². The molecular formula is C16H13FN4O. The smallest absolute Gasteiger partial charge is 0.167 e. The minimum Gasteiger partial charge on any atom is -0.493 e. The first-order chi connectivity index (χ1) is 10.6. The number of anilines is 1. The third kappa shape index (κ3) is 2.23. The lowest BCUT2D eigenvalue weighted by Crippen LogP contribution is -2.02. The summed E-state index contributed by atoms with van der Waals surface area (Å²) in [6, 6.07) is 12.3. The molecule has 5 nitrogen and oxygen atoms in total. The van der Waals surface area contributed by atoms with E-state index in [0.717, 1.165) is 5.56 Å². The molecule has 0 unspecified atom stereocenters. The van der Waals surface area contributed by atoms with Gasteiger partial charge in [0.1, 0.15) is 0 Å². The number of nitrogens with zero attached hydrogens (tertiary/aromatic N) is 3. The van der Waals surface area contributed by atoms with Gasteiger partial charge in [-0.05, 0) is 29.8 Å². The molecule has 0 atom stereocenters. The van der Waals surface area contributed by atoms with Crippen LogP contribution in [0.3, 0.4) is 0 Å². The molecule has 0 aliphatic carbocycles. The van der Waals surface area contributed by atoms with E-state index in [-0.39, 0.29) is 11.6 Å². The van der Waals surface area contributed by atoms with Crippen LogP contribution < -0.4 is 10.5 Å². The predicted octanol–water partition coefficient (Wildman–Crippen LogP) is 2.69. The Bertz CT molecular complexity index is 895. The summed E-state index contributed by atoms with van der Waals surface area (Å²) < 4.78 is 20.5. The highest BCUT2D eigenvalue weighted by Gasteiger charge is 2.16. The topological polar surface area (TPSA) is 76.9 Å². The van der Waals surface area contributed by atoms with E-state index in [0.29, 0.717) is 23.0 Å². The molecule has 2 N–H and O–H groups in total. The van der Waals surface area contributed by atoms with Gasteiger partial charge in [0.25, 0.3) is 0 Å². The van der Waals surface area contributed by atoms with Gasteiger partial charge in [-0.15, -0.1) is 0 Å². The molecular weight excluding hydrogens is 283 g/mol. The monoisotopic (exact) mass is 296 g/mol. The first-order valence-electron chi connectivity index (χ1n) is 6.61. The molecule has 0 saturated carbocycles. The summed E-state index contributed by atoms with van der Waals surface area (Å²) in [4.78, 5) is 0. The molecule has 3 rings (SSSR count). The summed E-state index contributed by atoms with van der Waals surface area (Å²) in [5, 5.41) is 13.7. The number of halogens is 1. The maximum atomic E-state index is 13.8. The molecule has 0 aliphatic rings. The molecule has 2 aromatic carbocycles. The lowest BCUT2D eigenvalue weighted by Gasteiger charge is -2.06. The molecule has 22 heavy (non-hydrogen) atoms. The number of aromatic nitrogens is 2. The average Bonchev–Trinajstić information content (AvgIpc) is 2.84. The number of rotatable bonds is 3. The van der Waals surface area contributed by atoms with Gasteiger partial charge in [0.15, 0.2) is 17.4 Å². The van der Waals surface area contributed by atoms with Gasteiger partial charge in [0.05, 0.1) is 36.2 Å². The zero-order valence-corrected chi connectivity index (χ0v) is 11.9. The minimum atomic E-state index is -0.479. The zero-order chi connectivity index (χ0) is 15.7. The van der Waals surface area contributed by atoms with Crippen molar-refractivity contribution in [3.63, 3.8) is 0 Å². The molecule has 6 heteroatoms. The van der Waals surface area contributed by atoms with Crippen molar-refractivity contribution in [2.75, 3.05) is 12.8 Å². The molecule has 1 heterocycles. The third-order valence-electron chi connectivity index (χ3n) is 3.44. The number of fused-ring (bicyclic) bond motifs is 1. The Morgan fingerprint density at radius 3 is 2.91 bits per heavy atom. The third-order valence-corrected chi connectivity index (χ3v) is 3.44. The fourth-order valence-corrected chi connectivity index (χ4v) is 2.48. The van der Waals surface area contributed by atoms with Crippen LogP contribution in [0.1, 0.15) is 11.1 Å². The minimum absolute atomic E-state index is 0.0898. The first kappa shape index (κ1) is 13.9. The Hall–Kier alpha value is -3.07. The SMILES string of the molecule is COc1c(F)ccc2c1c(N)nn2Cc1cccc(C#N)c1. The summed E-state index contributed by atoms with van der Waals surface area (Å²) in [6.07, 6.45) is 0. The second-order valence-corrected chi connectivity index (χ2v) is 4.83. The molecule has 0 bridgehead atoms. The van der Waals surface area contributed by atoms with Crippen LogP contribution in [-0.4, -0.2) is 16.9 Å². The van der Waals surface area contributed by atoms with Gasteiger partial charge in [0, 0.05) is 0 Å². The molecule has 0 amide bonds. The van der Waals surface area contributed by atoms with E-state index >= 15 is 0 Å². The van der Waals surface area contributed by atoms with Gasteiger partial charge < -0.3 is 10.5 Å². The number of nitriles is 1. The maximum Gasteiger partial charge on any atom is 0.167 e. The summed E-state index contributed by atoms with van der Waals surface area (Å²) in [5.74, 6) is -0.178. The molecule has 1 aromatic heterocycles. The Balaban J connectivity index is 2.10. The van der Waals surface area contributed by atoms with Crippen molar-refractivity contribution in [1.82, 2.24) is 9.78 Å². The van der Waals surface area contributed by atoms with E-state index in [2.05, 4.69) is 11.2 Å². The van der Waals surface area contributed by atoms with Gasteiger partial charge >= 0.3 is 0 Å². The summed E-state index contributed by atoms with van der Waals surface area (Å²) in [6.45, 7) is 0.429. The fourth-order valence-electron chi connectivity index (χ4n) is 2.48. The van der Waals surface area contributed by atoms with Crippen LogP contribution in [-0.2, 0) is 6.54 Å². The Labute approximate surface area is 126 Å². The van der Waals surface area contributed by atoms with E-state index in [1.165, 1.54) is 13.2 Å². The zero-order valence-electron chi connectivity index (χ0n) is 11.9. The van der Waals surface area contributed by atoms with Crippen LogP contribution in [0.25, 0.3) is 10.9 Å². The standard InChI is InChI=1S/C16H13FN4O/c1-22-15-12(17)5-6-13-14(15)16(19)20-21(13)9-11-4-2-3-10(7-11)8-18/h2-7H,9H2,1H3,(H2,19,20). The van der Waals surface area contributed by atoms with Crippen molar-refractivity contribution >= 4 is 16.7 Å². The van der Waals surface area contributed by atoms with E-state index in [1.807, 2.05) is 12.1 Å². The van der Waals surface area contributed by atoms with Crippen LogP contribution in [0.5, 0.6) is 5.75 Å². The molecule has 110 valence electrons. The quantitative estimate of drug-likeness (QED) is 0.806. The normalized spacial score (nSPS) is 10.6. The summed E-state index contributed by atoms with van der Waals surface area (Å²) in [5.41, 5.74) is 8.06. The number of hydrogen-bond donors (Lipinski definition) is 1. The van der Waals surface area contributed by atoms with Crippen molar-refractivity contribution in [2.45, 2.75) is 6.54 Å². The summed E-state index contributed by atoms with van der Waals surface area (Å²) >= 11 is 0. The lowest BCUT2D eigenvalue weighted by atomic mass is 10.1. The number of methoxy groups -OCH3 is 1. The molecule has 3 aromatic rings. The second kappa shape index (κ2) is 5.37. The highest BCUT2D eigenvalue weighted by Crippen LogP contribution is 2.33. The molecule has 0 radical (unpaired) electrons. The molecule has 0 aliphatic heterocycles. The highest BCUT2D eigenvalue weighted by atomic mass is 19.1. The predicted molar refractivity (Wildman–Crippen MR) is 80.9 cm³/mol. The largest absolute Gasteiger partial charge is 0.493 e. The van der Waals surface area contributed by atoms with E-state index in [1.54, 1.807) is 22.9 Å². The van der Waals surface area contributed by atoms with Crippen LogP contribution in [0, 0.1) is 17.1 Å². The number of nitrogen functional groups attached to an aromatic ring is 1. The Morgan fingerprint density at radius 1 is 1.36 bits per heavy atom. The Kier molecular flexibility index (Phi) is 3.39. The Morgan fingerprint density at radius 2 is 2.18 bits per heavy atom. The van der Waals surface area contributed by atoms with Gasteiger partial charge in [-0.1, -0.05) is 12.1 Å². The molecule has 0 spiro atoms. The lowest BCUT2D eigenvalue weighted by molar-refractivity contribution is 0.392. The molecule has 0 saturated heterocycles. The van der Waals surface area contributed by atoms with Crippen molar-refractivity contribution in [2.24, 2.45) is 0 Å². The number of benzene rings is 2. The van der Waals surface area contributed by atoms with Crippen molar-refractivity contribution in [1.29, 1.82) is 5.26 Å². The van der Waals surface area contributed by atoms with Crippen LogP contribution in [0.15, 0.2) is 36.4 Å². The van der Waals surface area contributed by atoms with Crippen molar-refractivity contribution < 1.29 is 9.13 Å². The average molecular weight is 296 g/mol.